The van der Waals surface area contributed by atoms with Gasteiger partial charge < -0.3 is 9.47 Å². The number of esters is 1. The maximum atomic E-state index is 12.4. The molecule has 1 saturated heterocycles. The minimum Gasteiger partial charge on any atom is -0.468 e. The van der Waals surface area contributed by atoms with Crippen LogP contribution in [0.4, 0.5) is 13.2 Å². The van der Waals surface area contributed by atoms with Crippen molar-refractivity contribution in [3.05, 3.63) is 35.4 Å². The summed E-state index contributed by atoms with van der Waals surface area (Å²) in [5.41, 5.74) is -0.196. The Bertz CT molecular complexity index is 458. The first-order valence-electron chi connectivity index (χ1n) is 5.54. The molecule has 4 nitrogen and oxygen atoms in total. The van der Waals surface area contributed by atoms with Crippen LogP contribution >= 0.6 is 0 Å². The van der Waals surface area contributed by atoms with Gasteiger partial charge >= 0.3 is 12.1 Å². The molecule has 1 heterocycles. The van der Waals surface area contributed by atoms with E-state index in [1.54, 1.807) is 0 Å². The first-order chi connectivity index (χ1) is 8.91. The van der Waals surface area contributed by atoms with Crippen LogP contribution in [0.1, 0.15) is 17.4 Å². The fraction of sp³-hybridized carbons (Fsp3) is 0.417. The molecular formula is C12H12F3NO3. The van der Waals surface area contributed by atoms with Gasteiger partial charge in [-0.05, 0) is 17.7 Å². The van der Waals surface area contributed by atoms with Crippen LogP contribution in [0.25, 0.3) is 0 Å². The van der Waals surface area contributed by atoms with Crippen molar-refractivity contribution < 1.29 is 27.4 Å². The van der Waals surface area contributed by atoms with E-state index >= 15 is 0 Å². The molecular weight excluding hydrogens is 263 g/mol. The van der Waals surface area contributed by atoms with Crippen LogP contribution in [-0.2, 0) is 20.4 Å². The van der Waals surface area contributed by atoms with Crippen molar-refractivity contribution in [2.75, 3.05) is 13.7 Å². The maximum absolute atomic E-state index is 12.4. The number of ether oxygens (including phenoxy) is 2. The molecule has 0 spiro atoms. The summed E-state index contributed by atoms with van der Waals surface area (Å²) >= 11 is 0. The van der Waals surface area contributed by atoms with E-state index in [4.69, 9.17) is 4.74 Å². The number of rotatable bonds is 2. The summed E-state index contributed by atoms with van der Waals surface area (Å²) in [5, 5.41) is 2.84. The Labute approximate surface area is 107 Å². The van der Waals surface area contributed by atoms with Gasteiger partial charge in [0.15, 0.2) is 0 Å². The van der Waals surface area contributed by atoms with Gasteiger partial charge in [-0.1, -0.05) is 12.1 Å². The molecule has 0 aliphatic carbocycles. The van der Waals surface area contributed by atoms with Gasteiger partial charge in [-0.15, -0.1) is 0 Å². The van der Waals surface area contributed by atoms with Crippen molar-refractivity contribution in [1.29, 1.82) is 0 Å². The van der Waals surface area contributed by atoms with Crippen LogP contribution in [0.15, 0.2) is 24.3 Å². The molecule has 1 N–H and O–H groups in total. The van der Waals surface area contributed by atoms with E-state index in [9.17, 15) is 18.0 Å². The second-order valence-electron chi connectivity index (χ2n) is 4.08. The summed E-state index contributed by atoms with van der Waals surface area (Å²) in [6.07, 6.45) is -4.97. The standard InChI is InChI=1S/C12H12F3NO3/c1-18-11(17)9-6-19-10(16-9)7-2-4-8(5-3-7)12(13,14)15/h2-5,9-10,16H,6H2,1H3. The van der Waals surface area contributed by atoms with Crippen LogP contribution in [0.3, 0.4) is 0 Å². The van der Waals surface area contributed by atoms with E-state index < -0.39 is 30.0 Å². The Balaban J connectivity index is 2.06. The maximum Gasteiger partial charge on any atom is 0.416 e. The highest BCUT2D eigenvalue weighted by Gasteiger charge is 2.33. The van der Waals surface area contributed by atoms with E-state index in [-0.39, 0.29) is 6.61 Å². The Hall–Kier alpha value is -1.60. The minimum atomic E-state index is -4.36. The molecule has 0 radical (unpaired) electrons. The fourth-order valence-electron chi connectivity index (χ4n) is 1.79. The predicted molar refractivity (Wildman–Crippen MR) is 59.1 cm³/mol. The molecule has 1 aliphatic rings. The van der Waals surface area contributed by atoms with Crippen LogP contribution in [0.2, 0.25) is 0 Å². The van der Waals surface area contributed by atoms with Gasteiger partial charge in [0, 0.05) is 0 Å². The molecule has 2 atom stereocenters. The molecule has 0 bridgehead atoms. The quantitative estimate of drug-likeness (QED) is 0.837. The Morgan fingerprint density at radius 3 is 2.53 bits per heavy atom. The fourth-order valence-corrected chi connectivity index (χ4v) is 1.79. The number of nitrogens with one attached hydrogen (secondary N) is 1. The molecule has 19 heavy (non-hydrogen) atoms. The smallest absolute Gasteiger partial charge is 0.416 e. The Kier molecular flexibility index (Phi) is 3.77. The average Bonchev–Trinajstić information content (AvgIpc) is 2.86. The van der Waals surface area contributed by atoms with Crippen LogP contribution in [0.5, 0.6) is 0 Å². The van der Waals surface area contributed by atoms with Gasteiger partial charge in [-0.2, -0.15) is 13.2 Å². The average molecular weight is 275 g/mol. The van der Waals surface area contributed by atoms with Gasteiger partial charge in [0.2, 0.25) is 0 Å². The number of hydrogen-bond donors (Lipinski definition) is 1. The zero-order chi connectivity index (χ0) is 14.0. The van der Waals surface area contributed by atoms with Crippen molar-refractivity contribution in [2.45, 2.75) is 18.4 Å². The number of carbonyl (C=O) groups is 1. The summed E-state index contributed by atoms with van der Waals surface area (Å²) in [4.78, 5) is 11.3. The number of carbonyl (C=O) groups excluding carboxylic acids is 1. The molecule has 2 unspecified atom stereocenters. The van der Waals surface area contributed by atoms with Gasteiger partial charge in [-0.3, -0.25) is 10.1 Å². The van der Waals surface area contributed by atoms with Gasteiger partial charge in [0.25, 0.3) is 0 Å². The van der Waals surface area contributed by atoms with Crippen LogP contribution in [-0.4, -0.2) is 25.7 Å². The minimum absolute atomic E-state index is 0.123. The van der Waals surface area contributed by atoms with E-state index in [1.807, 2.05) is 0 Å². The highest BCUT2D eigenvalue weighted by Crippen LogP contribution is 2.30. The molecule has 7 heteroatoms. The van der Waals surface area contributed by atoms with Crippen molar-refractivity contribution in [3.63, 3.8) is 0 Å². The lowest BCUT2D eigenvalue weighted by Crippen LogP contribution is -2.34. The van der Waals surface area contributed by atoms with Crippen LogP contribution in [0, 0.1) is 0 Å². The first-order valence-corrected chi connectivity index (χ1v) is 5.54. The molecule has 0 saturated carbocycles. The molecule has 2 rings (SSSR count). The number of methoxy groups -OCH3 is 1. The van der Waals surface area contributed by atoms with Crippen LogP contribution < -0.4 is 5.32 Å². The lowest BCUT2D eigenvalue weighted by molar-refractivity contribution is -0.142. The third kappa shape index (κ3) is 3.05. The SMILES string of the molecule is COC(=O)C1COC(c2ccc(C(F)(F)F)cc2)N1. The highest BCUT2D eigenvalue weighted by atomic mass is 19.4. The van der Waals surface area contributed by atoms with Crippen molar-refractivity contribution >= 4 is 5.97 Å². The Morgan fingerprint density at radius 2 is 2.00 bits per heavy atom. The van der Waals surface area contributed by atoms with Gasteiger partial charge in [0.1, 0.15) is 12.3 Å². The highest BCUT2D eigenvalue weighted by molar-refractivity contribution is 5.76. The summed E-state index contributed by atoms with van der Waals surface area (Å²) in [6.45, 7) is 0.123. The molecule has 1 fully saturated rings. The number of halogens is 3. The van der Waals surface area contributed by atoms with E-state index in [1.165, 1.54) is 19.2 Å². The summed E-state index contributed by atoms with van der Waals surface area (Å²) in [5.74, 6) is -0.464. The predicted octanol–water partition coefficient (Wildman–Crippen LogP) is 1.87. The van der Waals surface area contributed by atoms with Gasteiger partial charge in [0.05, 0.1) is 19.3 Å². The largest absolute Gasteiger partial charge is 0.468 e. The van der Waals surface area contributed by atoms with Crippen molar-refractivity contribution in [3.8, 4) is 0 Å². The monoisotopic (exact) mass is 275 g/mol. The summed E-state index contributed by atoms with van der Waals surface area (Å²) in [7, 11) is 1.26. The number of alkyl halides is 3. The van der Waals surface area contributed by atoms with E-state index in [0.717, 1.165) is 12.1 Å². The van der Waals surface area contributed by atoms with Crippen molar-refractivity contribution in [1.82, 2.24) is 5.32 Å². The second kappa shape index (κ2) is 5.18. The lowest BCUT2D eigenvalue weighted by atomic mass is 10.1. The second-order valence-corrected chi connectivity index (χ2v) is 4.08. The van der Waals surface area contributed by atoms with Gasteiger partial charge in [-0.25, -0.2) is 0 Å². The summed E-state index contributed by atoms with van der Waals surface area (Å²) < 4.78 is 47.1. The topological polar surface area (TPSA) is 47.6 Å². The van der Waals surface area contributed by atoms with E-state index in [2.05, 4.69) is 10.1 Å². The van der Waals surface area contributed by atoms with E-state index in [0.29, 0.717) is 5.56 Å². The molecule has 1 aliphatic heterocycles. The molecule has 0 amide bonds. The summed E-state index contributed by atoms with van der Waals surface area (Å²) in [6, 6.07) is 4.00. The first kappa shape index (κ1) is 13.8. The normalized spacial score (nSPS) is 23.4. The number of hydrogen-bond acceptors (Lipinski definition) is 4. The third-order valence-electron chi connectivity index (χ3n) is 2.81. The number of benzene rings is 1. The lowest BCUT2D eigenvalue weighted by Gasteiger charge is -2.13. The molecule has 0 aromatic heterocycles. The third-order valence-corrected chi connectivity index (χ3v) is 2.81. The zero-order valence-corrected chi connectivity index (χ0v) is 10.0. The molecule has 104 valence electrons. The molecule has 1 aromatic rings. The molecule has 1 aromatic carbocycles. The van der Waals surface area contributed by atoms with Crippen molar-refractivity contribution in [2.24, 2.45) is 0 Å². The Morgan fingerprint density at radius 1 is 1.37 bits per heavy atom. The zero-order valence-electron chi connectivity index (χ0n) is 10.0.